The summed E-state index contributed by atoms with van der Waals surface area (Å²) in [7, 11) is 0. The number of benzene rings is 1. The van der Waals surface area contributed by atoms with E-state index < -0.39 is 0 Å². The van der Waals surface area contributed by atoms with Gasteiger partial charge < -0.3 is 10.2 Å². The molecule has 0 radical (unpaired) electrons. The summed E-state index contributed by atoms with van der Waals surface area (Å²) in [6.07, 6.45) is 5.47. The number of halogens is 1. The quantitative estimate of drug-likeness (QED) is 0.802. The normalized spacial score (nSPS) is 16.7. The van der Waals surface area contributed by atoms with Gasteiger partial charge >= 0.3 is 0 Å². The van der Waals surface area contributed by atoms with E-state index in [4.69, 9.17) is 0 Å². The summed E-state index contributed by atoms with van der Waals surface area (Å²) in [5.41, 5.74) is 2.66. The third-order valence-corrected chi connectivity index (χ3v) is 4.54. The van der Waals surface area contributed by atoms with E-state index in [1.165, 1.54) is 60.9 Å². The van der Waals surface area contributed by atoms with Crippen LogP contribution in [0.2, 0.25) is 0 Å². The van der Waals surface area contributed by atoms with Gasteiger partial charge in [-0.25, -0.2) is 0 Å². The minimum Gasteiger partial charge on any atom is -0.313 e. The monoisotopic (exact) mass is 324 g/mol. The van der Waals surface area contributed by atoms with Crippen LogP contribution in [0.1, 0.15) is 36.8 Å². The molecule has 1 aromatic rings. The number of rotatable bonds is 6. The van der Waals surface area contributed by atoms with Gasteiger partial charge in [-0.15, -0.1) is 0 Å². The van der Waals surface area contributed by atoms with Crippen LogP contribution in [0.4, 0.5) is 0 Å². The van der Waals surface area contributed by atoms with Crippen molar-refractivity contribution < 1.29 is 0 Å². The van der Waals surface area contributed by atoms with Gasteiger partial charge in [-0.1, -0.05) is 34.5 Å². The van der Waals surface area contributed by atoms with Gasteiger partial charge in [-0.3, -0.25) is 0 Å². The average molecular weight is 325 g/mol. The van der Waals surface area contributed by atoms with Gasteiger partial charge in [0.1, 0.15) is 0 Å². The Balaban J connectivity index is 1.61. The Morgan fingerprint density at radius 2 is 2.00 bits per heavy atom. The van der Waals surface area contributed by atoms with Crippen molar-refractivity contribution in [2.24, 2.45) is 0 Å². The fourth-order valence-corrected chi connectivity index (χ4v) is 3.26. The van der Waals surface area contributed by atoms with Crippen LogP contribution in [0.25, 0.3) is 0 Å². The molecule has 2 nitrogen and oxygen atoms in total. The Morgan fingerprint density at radius 1 is 1.21 bits per heavy atom. The number of hydrogen-bond donors (Lipinski definition) is 1. The van der Waals surface area contributed by atoms with Gasteiger partial charge in [0.25, 0.3) is 0 Å². The largest absolute Gasteiger partial charge is 0.313 e. The van der Waals surface area contributed by atoms with Crippen molar-refractivity contribution in [2.45, 2.75) is 39.2 Å². The number of nitrogens with one attached hydrogen (secondary N) is 1. The summed E-state index contributed by atoms with van der Waals surface area (Å²) < 4.78 is 1.22. The molecule has 1 saturated heterocycles. The maximum Gasteiger partial charge on any atom is 0.0222 e. The molecular formula is C16H25BrN2. The summed E-state index contributed by atoms with van der Waals surface area (Å²) in [4.78, 5) is 2.60. The molecule has 1 fully saturated rings. The van der Waals surface area contributed by atoms with Crippen molar-refractivity contribution in [3.63, 3.8) is 0 Å². The summed E-state index contributed by atoms with van der Waals surface area (Å²) in [6.45, 7) is 8.06. The number of piperidine rings is 1. The molecule has 106 valence electrons. The first-order valence-corrected chi connectivity index (χ1v) is 8.23. The number of aryl methyl sites for hydroxylation is 1. The molecule has 1 N–H and O–H groups in total. The van der Waals surface area contributed by atoms with Gasteiger partial charge in [-0.2, -0.15) is 0 Å². The zero-order chi connectivity index (χ0) is 13.5. The molecule has 1 aromatic carbocycles. The molecule has 0 unspecified atom stereocenters. The van der Waals surface area contributed by atoms with Gasteiger partial charge in [0.2, 0.25) is 0 Å². The Labute approximate surface area is 125 Å². The van der Waals surface area contributed by atoms with Gasteiger partial charge in [0.05, 0.1) is 0 Å². The van der Waals surface area contributed by atoms with E-state index in [2.05, 4.69) is 51.3 Å². The third-order valence-electron chi connectivity index (χ3n) is 3.80. The standard InChI is InChI=1S/C16H25BrN2/c1-14-6-7-15(16(17)12-14)13-18-8-5-11-19-9-3-2-4-10-19/h6-7,12,18H,2-5,8-11,13H2,1H3. The molecule has 0 saturated carbocycles. The number of likely N-dealkylation sites (tertiary alicyclic amines) is 1. The first kappa shape index (κ1) is 15.0. The lowest BCUT2D eigenvalue weighted by atomic mass is 10.1. The van der Waals surface area contributed by atoms with Crippen LogP contribution >= 0.6 is 15.9 Å². The lowest BCUT2D eigenvalue weighted by Gasteiger charge is -2.26. The van der Waals surface area contributed by atoms with Crippen LogP contribution in [-0.4, -0.2) is 31.1 Å². The molecular weight excluding hydrogens is 300 g/mol. The van der Waals surface area contributed by atoms with E-state index in [9.17, 15) is 0 Å². The smallest absolute Gasteiger partial charge is 0.0222 e. The highest BCUT2D eigenvalue weighted by Gasteiger charge is 2.08. The molecule has 0 spiro atoms. The van der Waals surface area contributed by atoms with E-state index in [-0.39, 0.29) is 0 Å². The van der Waals surface area contributed by atoms with E-state index in [0.29, 0.717) is 0 Å². The number of nitrogens with zero attached hydrogens (tertiary/aromatic N) is 1. The van der Waals surface area contributed by atoms with Gasteiger partial charge in [-0.05, 0) is 69.6 Å². The Bertz CT molecular complexity index is 386. The summed E-state index contributed by atoms with van der Waals surface area (Å²) in [5.74, 6) is 0. The maximum absolute atomic E-state index is 3.63. The van der Waals surface area contributed by atoms with E-state index >= 15 is 0 Å². The lowest BCUT2D eigenvalue weighted by molar-refractivity contribution is 0.225. The molecule has 0 bridgehead atoms. The van der Waals surface area contributed by atoms with E-state index in [1.54, 1.807) is 0 Å². The predicted octanol–water partition coefficient (Wildman–Crippen LogP) is 3.72. The molecule has 0 aromatic heterocycles. The fraction of sp³-hybridized carbons (Fsp3) is 0.625. The molecule has 0 amide bonds. The van der Waals surface area contributed by atoms with Crippen molar-refractivity contribution in [1.82, 2.24) is 10.2 Å². The molecule has 1 aliphatic rings. The molecule has 1 aliphatic heterocycles. The van der Waals surface area contributed by atoms with Crippen LogP contribution < -0.4 is 5.32 Å². The topological polar surface area (TPSA) is 15.3 Å². The van der Waals surface area contributed by atoms with Crippen LogP contribution in [0, 0.1) is 6.92 Å². The van der Waals surface area contributed by atoms with Crippen molar-refractivity contribution in [2.75, 3.05) is 26.2 Å². The van der Waals surface area contributed by atoms with Gasteiger partial charge in [0.15, 0.2) is 0 Å². The van der Waals surface area contributed by atoms with E-state index in [1.807, 2.05) is 0 Å². The minimum atomic E-state index is 0.959. The van der Waals surface area contributed by atoms with Crippen molar-refractivity contribution in [3.8, 4) is 0 Å². The molecule has 2 rings (SSSR count). The molecule has 1 heterocycles. The first-order chi connectivity index (χ1) is 9.25. The predicted molar refractivity (Wildman–Crippen MR) is 85.5 cm³/mol. The summed E-state index contributed by atoms with van der Waals surface area (Å²) >= 11 is 3.63. The van der Waals surface area contributed by atoms with Crippen LogP contribution in [0.15, 0.2) is 22.7 Å². The van der Waals surface area contributed by atoms with Crippen molar-refractivity contribution >= 4 is 15.9 Å². The zero-order valence-corrected chi connectivity index (χ0v) is 13.5. The van der Waals surface area contributed by atoms with Crippen LogP contribution in [-0.2, 0) is 6.54 Å². The Hall–Kier alpha value is -0.380. The average Bonchev–Trinajstić information content (AvgIpc) is 2.42. The summed E-state index contributed by atoms with van der Waals surface area (Å²) in [6, 6.07) is 6.57. The van der Waals surface area contributed by atoms with Crippen molar-refractivity contribution in [3.05, 3.63) is 33.8 Å². The molecule has 0 aliphatic carbocycles. The Kier molecular flexibility index (Phi) is 6.35. The lowest BCUT2D eigenvalue weighted by Crippen LogP contribution is -2.32. The molecule has 19 heavy (non-hydrogen) atoms. The fourth-order valence-electron chi connectivity index (χ4n) is 2.63. The van der Waals surface area contributed by atoms with Crippen molar-refractivity contribution in [1.29, 1.82) is 0 Å². The second kappa shape index (κ2) is 8.03. The molecule has 3 heteroatoms. The second-order valence-electron chi connectivity index (χ2n) is 5.53. The minimum absolute atomic E-state index is 0.959. The Morgan fingerprint density at radius 3 is 2.74 bits per heavy atom. The second-order valence-corrected chi connectivity index (χ2v) is 6.38. The SMILES string of the molecule is Cc1ccc(CNCCCN2CCCCC2)c(Br)c1. The summed E-state index contributed by atoms with van der Waals surface area (Å²) in [5, 5.41) is 3.54. The zero-order valence-electron chi connectivity index (χ0n) is 11.9. The highest BCUT2D eigenvalue weighted by Crippen LogP contribution is 2.18. The highest BCUT2D eigenvalue weighted by molar-refractivity contribution is 9.10. The van der Waals surface area contributed by atoms with E-state index in [0.717, 1.165) is 13.1 Å². The maximum atomic E-state index is 3.63. The van der Waals surface area contributed by atoms with Crippen LogP contribution in [0.3, 0.4) is 0 Å². The highest BCUT2D eigenvalue weighted by atomic mass is 79.9. The molecule has 0 atom stereocenters. The van der Waals surface area contributed by atoms with Crippen LogP contribution in [0.5, 0.6) is 0 Å². The van der Waals surface area contributed by atoms with Gasteiger partial charge in [0, 0.05) is 11.0 Å². The number of hydrogen-bond acceptors (Lipinski definition) is 2. The first-order valence-electron chi connectivity index (χ1n) is 7.44. The third kappa shape index (κ3) is 5.25.